The van der Waals surface area contributed by atoms with E-state index in [1.54, 1.807) is 24.1 Å². The number of aromatic nitrogens is 1. The summed E-state index contributed by atoms with van der Waals surface area (Å²) in [5.74, 6) is 1.06. The monoisotopic (exact) mass is 510 g/mol. The van der Waals surface area contributed by atoms with Crippen LogP contribution in [0.1, 0.15) is 17.5 Å². The first kappa shape index (κ1) is 24.8. The van der Waals surface area contributed by atoms with Crippen LogP contribution in [0.4, 0.5) is 11.4 Å². The SMILES string of the molecule is COc1cc(Nc2c(C#N)cnc3cc(C4=CCC(C(O)N(C)C)=C4)c(OC)cc23)c(Cl)cc1Cl. The minimum absolute atomic E-state index is 0.341. The van der Waals surface area contributed by atoms with Gasteiger partial charge in [-0.2, -0.15) is 5.26 Å². The maximum Gasteiger partial charge on any atom is 0.139 e. The van der Waals surface area contributed by atoms with E-state index in [-0.39, 0.29) is 0 Å². The molecule has 1 aliphatic rings. The van der Waals surface area contributed by atoms with Crippen LogP contribution in [0.5, 0.6) is 11.5 Å². The topological polar surface area (TPSA) is 90.6 Å². The fourth-order valence-corrected chi connectivity index (χ4v) is 4.50. The van der Waals surface area contributed by atoms with Crippen LogP contribution in [0, 0.1) is 11.3 Å². The van der Waals surface area contributed by atoms with Crippen molar-refractivity contribution in [3.8, 4) is 17.6 Å². The van der Waals surface area contributed by atoms with Crippen molar-refractivity contribution >= 4 is 51.1 Å². The normalized spacial score (nSPS) is 13.9. The summed E-state index contributed by atoms with van der Waals surface area (Å²) in [6, 6.07) is 9.20. The molecule has 0 saturated carbocycles. The highest BCUT2D eigenvalue weighted by Gasteiger charge is 2.21. The highest BCUT2D eigenvalue weighted by Crippen LogP contribution is 2.41. The van der Waals surface area contributed by atoms with Gasteiger partial charge in [-0.15, -0.1) is 0 Å². The van der Waals surface area contributed by atoms with Gasteiger partial charge in [0.05, 0.1) is 46.7 Å². The molecule has 1 aliphatic carbocycles. The van der Waals surface area contributed by atoms with Crippen molar-refractivity contribution in [2.24, 2.45) is 0 Å². The summed E-state index contributed by atoms with van der Waals surface area (Å²) in [6.45, 7) is 0. The lowest BCUT2D eigenvalue weighted by Crippen LogP contribution is -2.28. The molecule has 180 valence electrons. The molecule has 2 N–H and O–H groups in total. The highest BCUT2D eigenvalue weighted by atomic mass is 35.5. The van der Waals surface area contributed by atoms with E-state index in [2.05, 4.69) is 16.4 Å². The standard InChI is InChI=1S/C26H24Cl2N4O3/c1-32(2)26(33)15-6-5-14(7-15)17-8-21-18(9-23(17)34-3)25(16(12-29)13-30-21)31-22-11-24(35-4)20(28)10-19(22)27/h5,7-11,13,26,33H,6H2,1-4H3,(H,30,31). The number of nitrogens with one attached hydrogen (secondary N) is 1. The Morgan fingerprint density at radius 3 is 2.51 bits per heavy atom. The van der Waals surface area contributed by atoms with Gasteiger partial charge in [-0.3, -0.25) is 9.88 Å². The van der Waals surface area contributed by atoms with Crippen LogP contribution < -0.4 is 14.8 Å². The Morgan fingerprint density at radius 1 is 1.11 bits per heavy atom. The van der Waals surface area contributed by atoms with Gasteiger partial charge in [0.1, 0.15) is 23.8 Å². The maximum absolute atomic E-state index is 10.4. The van der Waals surface area contributed by atoms with Crippen LogP contribution in [-0.2, 0) is 0 Å². The minimum Gasteiger partial charge on any atom is -0.496 e. The zero-order chi connectivity index (χ0) is 25.3. The van der Waals surface area contributed by atoms with E-state index < -0.39 is 6.23 Å². The fraction of sp³-hybridized carbons (Fsp3) is 0.231. The van der Waals surface area contributed by atoms with E-state index >= 15 is 0 Å². The van der Waals surface area contributed by atoms with Crippen LogP contribution in [0.3, 0.4) is 0 Å². The predicted octanol–water partition coefficient (Wildman–Crippen LogP) is 5.77. The van der Waals surface area contributed by atoms with Crippen molar-refractivity contribution in [1.29, 1.82) is 5.26 Å². The molecule has 35 heavy (non-hydrogen) atoms. The second kappa shape index (κ2) is 10.1. The molecule has 3 aromatic rings. The predicted molar refractivity (Wildman–Crippen MR) is 140 cm³/mol. The number of ether oxygens (including phenoxy) is 2. The van der Waals surface area contributed by atoms with Gasteiger partial charge in [0.15, 0.2) is 0 Å². The number of halogens is 2. The molecule has 1 aromatic heterocycles. The quantitative estimate of drug-likeness (QED) is 0.390. The molecule has 0 fully saturated rings. The van der Waals surface area contributed by atoms with Crippen LogP contribution in [0.25, 0.3) is 16.5 Å². The molecule has 1 atom stereocenters. The Morgan fingerprint density at radius 2 is 1.86 bits per heavy atom. The van der Waals surface area contributed by atoms with E-state index in [0.29, 0.717) is 55.8 Å². The van der Waals surface area contributed by atoms with Crippen molar-refractivity contribution in [2.75, 3.05) is 33.6 Å². The number of hydrogen-bond donors (Lipinski definition) is 2. The van der Waals surface area contributed by atoms with Crippen molar-refractivity contribution in [3.05, 3.63) is 69.4 Å². The van der Waals surface area contributed by atoms with Gasteiger partial charge >= 0.3 is 0 Å². The first-order valence-corrected chi connectivity index (χ1v) is 11.5. The summed E-state index contributed by atoms with van der Waals surface area (Å²) >= 11 is 12.6. The van der Waals surface area contributed by atoms with E-state index in [1.807, 2.05) is 38.4 Å². The number of fused-ring (bicyclic) bond motifs is 1. The molecule has 1 unspecified atom stereocenters. The summed E-state index contributed by atoms with van der Waals surface area (Å²) in [5.41, 5.74) is 4.75. The molecule has 0 spiro atoms. The lowest BCUT2D eigenvalue weighted by molar-refractivity contribution is 0.0717. The Balaban J connectivity index is 1.83. The summed E-state index contributed by atoms with van der Waals surface area (Å²) in [4.78, 5) is 6.26. The molecule has 0 saturated heterocycles. The molecule has 9 heteroatoms. The third-order valence-corrected chi connectivity index (χ3v) is 6.45. The number of allylic oxidation sites excluding steroid dienone is 3. The van der Waals surface area contributed by atoms with E-state index in [9.17, 15) is 10.4 Å². The molecule has 0 radical (unpaired) electrons. The Bertz CT molecular complexity index is 1410. The number of rotatable bonds is 7. The van der Waals surface area contributed by atoms with Gasteiger partial charge < -0.3 is 19.9 Å². The molecular formula is C26H24Cl2N4O3. The zero-order valence-corrected chi connectivity index (χ0v) is 21.2. The highest BCUT2D eigenvalue weighted by molar-refractivity contribution is 6.37. The maximum atomic E-state index is 10.4. The van der Waals surface area contributed by atoms with Crippen molar-refractivity contribution in [3.63, 3.8) is 0 Å². The van der Waals surface area contributed by atoms with Crippen LogP contribution in [0.2, 0.25) is 10.0 Å². The molecule has 2 aromatic carbocycles. The van der Waals surface area contributed by atoms with E-state index in [0.717, 1.165) is 16.7 Å². The molecule has 1 heterocycles. The number of nitriles is 1. The van der Waals surface area contributed by atoms with Crippen LogP contribution in [-0.4, -0.2) is 49.5 Å². The van der Waals surface area contributed by atoms with Gasteiger partial charge in [-0.25, -0.2) is 0 Å². The first-order valence-electron chi connectivity index (χ1n) is 10.7. The van der Waals surface area contributed by atoms with E-state index in [1.165, 1.54) is 13.3 Å². The van der Waals surface area contributed by atoms with Crippen LogP contribution in [0.15, 0.2) is 48.2 Å². The van der Waals surface area contributed by atoms with Crippen molar-refractivity contribution in [1.82, 2.24) is 9.88 Å². The summed E-state index contributed by atoms with van der Waals surface area (Å²) in [6.07, 6.45) is 5.51. The third kappa shape index (κ3) is 4.79. The van der Waals surface area contributed by atoms with Crippen LogP contribution >= 0.6 is 23.2 Å². The molecule has 0 aliphatic heterocycles. The van der Waals surface area contributed by atoms with Gasteiger partial charge in [-0.05, 0) is 49.9 Å². The molecule has 7 nitrogen and oxygen atoms in total. The number of hydrogen-bond acceptors (Lipinski definition) is 7. The van der Waals surface area contributed by atoms with Gasteiger partial charge in [0.25, 0.3) is 0 Å². The molecule has 0 bridgehead atoms. The molecule has 4 rings (SSSR count). The largest absolute Gasteiger partial charge is 0.496 e. The number of likely N-dealkylation sites (N-methyl/N-ethyl adjacent to an activating group) is 1. The van der Waals surface area contributed by atoms with Gasteiger partial charge in [-0.1, -0.05) is 35.4 Å². The van der Waals surface area contributed by atoms with Gasteiger partial charge in [0, 0.05) is 23.2 Å². The Kier molecular flexibility index (Phi) is 7.20. The lowest BCUT2D eigenvalue weighted by Gasteiger charge is -2.19. The zero-order valence-electron chi connectivity index (χ0n) is 19.7. The number of aliphatic hydroxyl groups excluding tert-OH is 1. The second-order valence-corrected chi connectivity index (χ2v) is 9.05. The smallest absolute Gasteiger partial charge is 0.139 e. The molecular weight excluding hydrogens is 487 g/mol. The second-order valence-electron chi connectivity index (χ2n) is 8.24. The van der Waals surface area contributed by atoms with Crippen molar-refractivity contribution in [2.45, 2.75) is 12.6 Å². The number of aliphatic hydroxyl groups is 1. The number of benzene rings is 2. The number of anilines is 2. The number of pyridine rings is 1. The summed E-state index contributed by atoms with van der Waals surface area (Å²) in [7, 11) is 6.76. The lowest BCUT2D eigenvalue weighted by atomic mass is 10.0. The summed E-state index contributed by atoms with van der Waals surface area (Å²) in [5, 5.41) is 24.9. The van der Waals surface area contributed by atoms with Gasteiger partial charge in [0.2, 0.25) is 0 Å². The molecule has 0 amide bonds. The summed E-state index contributed by atoms with van der Waals surface area (Å²) < 4.78 is 11.0. The minimum atomic E-state index is -0.663. The average molecular weight is 511 g/mol. The van der Waals surface area contributed by atoms with E-state index in [4.69, 9.17) is 32.7 Å². The number of nitrogens with zero attached hydrogens (tertiary/aromatic N) is 3. The average Bonchev–Trinajstić information content (AvgIpc) is 3.34. The van der Waals surface area contributed by atoms with Crippen molar-refractivity contribution < 1.29 is 14.6 Å². The Labute approximate surface area is 213 Å². The fourth-order valence-electron chi connectivity index (χ4n) is 3.99. The third-order valence-electron chi connectivity index (χ3n) is 5.84. The Hall–Kier alpha value is -3.28. The first-order chi connectivity index (χ1) is 16.8. The number of methoxy groups -OCH3 is 2.